The Bertz CT molecular complexity index is 720. The normalized spacial score (nSPS) is 11.5. The first-order chi connectivity index (χ1) is 12.5. The first-order valence-corrected chi connectivity index (χ1v) is 8.90. The number of amides is 2. The molecule has 2 rings (SSSR count). The summed E-state index contributed by atoms with van der Waals surface area (Å²) < 4.78 is 5.18. The molecule has 1 unspecified atom stereocenters. The summed E-state index contributed by atoms with van der Waals surface area (Å²) >= 11 is 5.89. The number of carbonyl (C=O) groups is 2. The Kier molecular flexibility index (Phi) is 7.48. The summed E-state index contributed by atoms with van der Waals surface area (Å²) in [6, 6.07) is 16.2. The van der Waals surface area contributed by atoms with E-state index >= 15 is 0 Å². The maximum Gasteiger partial charge on any atom is 0.407 e. The molecular weight excluding hydrogens is 352 g/mol. The molecule has 0 saturated heterocycles. The van der Waals surface area contributed by atoms with Crippen molar-refractivity contribution in [2.45, 2.75) is 32.9 Å². The molecule has 1 N–H and O–H groups in total. The van der Waals surface area contributed by atoms with Gasteiger partial charge in [-0.1, -0.05) is 41.9 Å². The Morgan fingerprint density at radius 1 is 1.12 bits per heavy atom. The second-order valence-electron chi connectivity index (χ2n) is 5.93. The number of anilines is 1. The van der Waals surface area contributed by atoms with Crippen LogP contribution in [0.2, 0.25) is 5.02 Å². The molecule has 0 aliphatic carbocycles. The second kappa shape index (κ2) is 9.82. The van der Waals surface area contributed by atoms with Crippen LogP contribution in [0.1, 0.15) is 25.8 Å². The number of ether oxygens (including phenoxy) is 1. The highest BCUT2D eigenvalue weighted by Crippen LogP contribution is 2.19. The van der Waals surface area contributed by atoms with Crippen molar-refractivity contribution in [1.29, 1.82) is 0 Å². The van der Waals surface area contributed by atoms with E-state index in [1.165, 1.54) is 0 Å². The van der Waals surface area contributed by atoms with Crippen molar-refractivity contribution in [3.05, 3.63) is 65.2 Å². The Morgan fingerprint density at radius 3 is 2.38 bits per heavy atom. The molecule has 26 heavy (non-hydrogen) atoms. The fraction of sp³-hybridized carbons (Fsp3) is 0.300. The highest BCUT2D eigenvalue weighted by molar-refractivity contribution is 6.30. The molecule has 1 atom stereocenters. The van der Waals surface area contributed by atoms with Gasteiger partial charge in [0, 0.05) is 29.7 Å². The van der Waals surface area contributed by atoms with Gasteiger partial charge in [0.25, 0.3) is 0 Å². The van der Waals surface area contributed by atoms with Gasteiger partial charge in [0.1, 0.15) is 6.61 Å². The summed E-state index contributed by atoms with van der Waals surface area (Å²) in [5.74, 6) is -0.0781. The fourth-order valence-corrected chi connectivity index (χ4v) is 2.64. The van der Waals surface area contributed by atoms with Crippen molar-refractivity contribution in [3.8, 4) is 0 Å². The zero-order valence-corrected chi connectivity index (χ0v) is 15.7. The quantitative estimate of drug-likeness (QED) is 0.781. The maximum atomic E-state index is 12.5. The second-order valence-corrected chi connectivity index (χ2v) is 6.36. The van der Waals surface area contributed by atoms with Gasteiger partial charge in [-0.05, 0) is 43.7 Å². The molecule has 2 aromatic rings. The minimum atomic E-state index is -0.538. The monoisotopic (exact) mass is 374 g/mol. The number of carbonyl (C=O) groups excluding carboxylic acids is 2. The fourth-order valence-electron chi connectivity index (χ4n) is 2.51. The highest BCUT2D eigenvalue weighted by atomic mass is 35.5. The lowest BCUT2D eigenvalue weighted by Crippen LogP contribution is -2.39. The van der Waals surface area contributed by atoms with Gasteiger partial charge in [0.2, 0.25) is 5.91 Å². The predicted octanol–water partition coefficient (Wildman–Crippen LogP) is 4.40. The maximum absolute atomic E-state index is 12.5. The van der Waals surface area contributed by atoms with Crippen molar-refractivity contribution >= 4 is 29.3 Å². The average molecular weight is 375 g/mol. The number of alkyl carbamates (subject to hydrolysis) is 1. The smallest absolute Gasteiger partial charge is 0.407 e. The van der Waals surface area contributed by atoms with Crippen LogP contribution in [-0.4, -0.2) is 24.6 Å². The zero-order valence-electron chi connectivity index (χ0n) is 14.9. The van der Waals surface area contributed by atoms with Gasteiger partial charge in [-0.25, -0.2) is 4.79 Å². The number of benzene rings is 2. The third-order valence-corrected chi connectivity index (χ3v) is 4.07. The number of halogens is 1. The summed E-state index contributed by atoms with van der Waals surface area (Å²) in [5.41, 5.74) is 1.69. The van der Waals surface area contributed by atoms with Gasteiger partial charge in [0.05, 0.1) is 0 Å². The van der Waals surface area contributed by atoms with E-state index in [-0.39, 0.29) is 25.0 Å². The topological polar surface area (TPSA) is 58.6 Å². The van der Waals surface area contributed by atoms with Crippen LogP contribution in [0.25, 0.3) is 0 Å². The molecule has 0 heterocycles. The lowest BCUT2D eigenvalue weighted by Gasteiger charge is -2.23. The lowest BCUT2D eigenvalue weighted by atomic mass is 10.2. The third kappa shape index (κ3) is 6.08. The molecule has 0 radical (unpaired) electrons. The van der Waals surface area contributed by atoms with Crippen LogP contribution >= 0.6 is 11.6 Å². The molecule has 0 aliphatic heterocycles. The summed E-state index contributed by atoms with van der Waals surface area (Å²) in [6.45, 7) is 4.40. The Labute approximate surface area is 158 Å². The van der Waals surface area contributed by atoms with Crippen molar-refractivity contribution in [2.75, 3.05) is 11.4 Å². The van der Waals surface area contributed by atoms with Crippen molar-refractivity contribution < 1.29 is 14.3 Å². The van der Waals surface area contributed by atoms with E-state index in [1.807, 2.05) is 37.3 Å². The third-order valence-electron chi connectivity index (χ3n) is 3.81. The Morgan fingerprint density at radius 2 is 1.77 bits per heavy atom. The number of nitrogens with zero attached hydrogens (tertiary/aromatic N) is 1. The molecule has 0 saturated carbocycles. The van der Waals surface area contributed by atoms with Crippen LogP contribution in [-0.2, 0) is 16.1 Å². The molecule has 5 nitrogen and oxygen atoms in total. The average Bonchev–Trinajstić information content (AvgIpc) is 2.63. The number of hydrogen-bond acceptors (Lipinski definition) is 3. The van der Waals surface area contributed by atoms with Gasteiger partial charge in [-0.2, -0.15) is 0 Å². The number of hydrogen-bond donors (Lipinski definition) is 1. The summed E-state index contributed by atoms with van der Waals surface area (Å²) in [5, 5.41) is 3.31. The lowest BCUT2D eigenvalue weighted by molar-refractivity contribution is -0.118. The Balaban J connectivity index is 1.83. The standard InChI is InChI=1S/C20H23ClN2O3/c1-3-23(18-11-9-17(21)10-12-18)19(24)13-15(2)22-20(25)26-14-16-7-5-4-6-8-16/h4-12,15H,3,13-14H2,1-2H3,(H,22,25). The van der Waals surface area contributed by atoms with E-state index in [9.17, 15) is 9.59 Å². The highest BCUT2D eigenvalue weighted by Gasteiger charge is 2.18. The molecule has 0 aromatic heterocycles. The minimum absolute atomic E-state index is 0.0781. The van der Waals surface area contributed by atoms with E-state index in [0.717, 1.165) is 11.3 Å². The number of nitrogens with one attached hydrogen (secondary N) is 1. The van der Waals surface area contributed by atoms with Crippen LogP contribution in [0.3, 0.4) is 0 Å². The van der Waals surface area contributed by atoms with Gasteiger partial charge in [0.15, 0.2) is 0 Å². The van der Waals surface area contributed by atoms with Gasteiger partial charge in [-0.15, -0.1) is 0 Å². The van der Waals surface area contributed by atoms with Gasteiger partial charge < -0.3 is 15.0 Å². The summed E-state index contributed by atoms with van der Waals surface area (Å²) in [4.78, 5) is 26.1. The summed E-state index contributed by atoms with van der Waals surface area (Å²) in [6.07, 6.45) is -0.361. The van der Waals surface area contributed by atoms with Gasteiger partial charge in [-0.3, -0.25) is 4.79 Å². The van der Waals surface area contributed by atoms with Crippen LogP contribution in [0.5, 0.6) is 0 Å². The molecule has 2 amide bonds. The molecule has 6 heteroatoms. The Hall–Kier alpha value is -2.53. The van der Waals surface area contributed by atoms with E-state index < -0.39 is 6.09 Å². The first kappa shape index (κ1) is 19.8. The van der Waals surface area contributed by atoms with E-state index in [2.05, 4.69) is 5.32 Å². The number of rotatable bonds is 7. The minimum Gasteiger partial charge on any atom is -0.445 e. The van der Waals surface area contributed by atoms with Crippen LogP contribution in [0.15, 0.2) is 54.6 Å². The molecule has 2 aromatic carbocycles. The molecule has 0 aliphatic rings. The molecule has 138 valence electrons. The predicted molar refractivity (Wildman–Crippen MR) is 103 cm³/mol. The summed E-state index contributed by atoms with van der Waals surface area (Å²) in [7, 11) is 0. The molecule has 0 bridgehead atoms. The van der Waals surface area contributed by atoms with Crippen molar-refractivity contribution in [3.63, 3.8) is 0 Å². The van der Waals surface area contributed by atoms with Gasteiger partial charge >= 0.3 is 6.09 Å². The van der Waals surface area contributed by atoms with E-state index in [1.54, 1.807) is 36.1 Å². The van der Waals surface area contributed by atoms with Crippen LogP contribution in [0.4, 0.5) is 10.5 Å². The zero-order chi connectivity index (χ0) is 18.9. The first-order valence-electron chi connectivity index (χ1n) is 8.52. The molecular formula is C20H23ClN2O3. The SMILES string of the molecule is CCN(C(=O)CC(C)NC(=O)OCc1ccccc1)c1ccc(Cl)cc1. The molecule has 0 spiro atoms. The van der Waals surface area contributed by atoms with Crippen LogP contribution < -0.4 is 10.2 Å². The van der Waals surface area contributed by atoms with E-state index in [4.69, 9.17) is 16.3 Å². The van der Waals surface area contributed by atoms with E-state index in [0.29, 0.717) is 11.6 Å². The van der Waals surface area contributed by atoms with Crippen LogP contribution in [0, 0.1) is 0 Å². The molecule has 0 fully saturated rings. The van der Waals surface area contributed by atoms with Crippen molar-refractivity contribution in [1.82, 2.24) is 5.32 Å². The van der Waals surface area contributed by atoms with Crippen molar-refractivity contribution in [2.24, 2.45) is 0 Å². The largest absolute Gasteiger partial charge is 0.445 e.